The van der Waals surface area contributed by atoms with Crippen LogP contribution in [0.25, 0.3) is 11.0 Å². The van der Waals surface area contributed by atoms with Gasteiger partial charge in [-0.15, -0.1) is 0 Å². The summed E-state index contributed by atoms with van der Waals surface area (Å²) in [4.78, 5) is 25.9. The molecule has 2 unspecified atom stereocenters. The Hall–Kier alpha value is -2.90. The van der Waals surface area contributed by atoms with Crippen LogP contribution in [0.3, 0.4) is 0 Å². The number of hydrogen-bond donors (Lipinski definition) is 2. The molecule has 1 aliphatic rings. The molecule has 1 aliphatic heterocycles. The van der Waals surface area contributed by atoms with E-state index in [-0.39, 0.29) is 17.9 Å². The lowest BCUT2D eigenvalue weighted by Gasteiger charge is -2.31. The van der Waals surface area contributed by atoms with E-state index in [0.29, 0.717) is 22.2 Å². The van der Waals surface area contributed by atoms with Crippen LogP contribution in [0.15, 0.2) is 72.8 Å². The van der Waals surface area contributed by atoms with Crippen LogP contribution in [0.1, 0.15) is 46.5 Å². The molecule has 2 heterocycles. The van der Waals surface area contributed by atoms with E-state index in [9.17, 15) is 4.79 Å². The highest BCUT2D eigenvalue weighted by atomic mass is 35.5. The summed E-state index contributed by atoms with van der Waals surface area (Å²) in [6.07, 6.45) is 1.93. The van der Waals surface area contributed by atoms with Crippen LogP contribution in [0, 0.1) is 0 Å². The maximum absolute atomic E-state index is 13.2. The van der Waals surface area contributed by atoms with Gasteiger partial charge in [-0.05, 0) is 67.9 Å². The Morgan fingerprint density at radius 2 is 1.87 bits per heavy atom. The Kier molecular flexibility index (Phi) is 8.65. The fraction of sp³-hybridized carbons (Fsp3) is 0.333. The number of halogens is 2. The van der Waals surface area contributed by atoms with Gasteiger partial charge in [0.25, 0.3) is 5.91 Å². The molecule has 0 spiro atoms. The molecular formula is C30H33Cl2N5O. The number of amides is 1. The van der Waals surface area contributed by atoms with E-state index in [1.807, 2.05) is 78.7 Å². The van der Waals surface area contributed by atoms with Crippen molar-refractivity contribution in [2.75, 3.05) is 39.8 Å². The lowest BCUT2D eigenvalue weighted by molar-refractivity contribution is 0.0781. The normalized spacial score (nSPS) is 17.3. The topological polar surface area (TPSA) is 64.3 Å². The number of para-hydroxylation sites is 2. The summed E-state index contributed by atoms with van der Waals surface area (Å²) in [6.45, 7) is 4.23. The van der Waals surface area contributed by atoms with Crippen molar-refractivity contribution in [3.8, 4) is 0 Å². The number of imidazole rings is 1. The molecule has 0 radical (unpaired) electrons. The maximum atomic E-state index is 13.2. The smallest absolute Gasteiger partial charge is 0.253 e. The van der Waals surface area contributed by atoms with Gasteiger partial charge in [0, 0.05) is 38.2 Å². The fourth-order valence-electron chi connectivity index (χ4n) is 5.26. The number of benzene rings is 3. The highest BCUT2D eigenvalue weighted by molar-refractivity contribution is 6.42. The Labute approximate surface area is 234 Å². The SMILES string of the molecule is CN(CC(CCN1CCCNCC1c1nc2ccccc2[nH]1)c1ccc(Cl)c(Cl)c1)C(=O)c1ccccc1. The van der Waals surface area contributed by atoms with Crippen LogP contribution < -0.4 is 5.32 Å². The second-order valence-corrected chi connectivity index (χ2v) is 10.8. The molecule has 1 fully saturated rings. The summed E-state index contributed by atoms with van der Waals surface area (Å²) in [5, 5.41) is 4.65. The van der Waals surface area contributed by atoms with E-state index in [1.54, 1.807) is 0 Å². The number of fused-ring (bicyclic) bond motifs is 1. The molecule has 2 N–H and O–H groups in total. The van der Waals surface area contributed by atoms with E-state index in [4.69, 9.17) is 28.2 Å². The fourth-order valence-corrected chi connectivity index (χ4v) is 5.57. The van der Waals surface area contributed by atoms with Crippen molar-refractivity contribution in [3.63, 3.8) is 0 Å². The molecule has 198 valence electrons. The highest BCUT2D eigenvalue weighted by Crippen LogP contribution is 2.31. The molecular weight excluding hydrogens is 517 g/mol. The average Bonchev–Trinajstić information content (AvgIpc) is 3.23. The predicted octanol–water partition coefficient (Wildman–Crippen LogP) is 6.15. The van der Waals surface area contributed by atoms with Crippen LogP contribution in [0.4, 0.5) is 0 Å². The number of aromatic nitrogens is 2. The predicted molar refractivity (Wildman–Crippen MR) is 155 cm³/mol. The van der Waals surface area contributed by atoms with Crippen LogP contribution in [-0.2, 0) is 0 Å². The first-order valence-corrected chi connectivity index (χ1v) is 13.9. The van der Waals surface area contributed by atoms with Crippen LogP contribution >= 0.6 is 23.2 Å². The van der Waals surface area contributed by atoms with Crippen LogP contribution in [0.5, 0.6) is 0 Å². The number of likely N-dealkylation sites (N-methyl/N-ethyl adjacent to an activating group) is 1. The van der Waals surface area contributed by atoms with Gasteiger partial charge in [-0.3, -0.25) is 9.69 Å². The molecule has 2 atom stereocenters. The number of carbonyl (C=O) groups excluding carboxylic acids is 1. The summed E-state index contributed by atoms with van der Waals surface area (Å²) in [5.41, 5.74) is 3.81. The van der Waals surface area contributed by atoms with Gasteiger partial charge in [0.05, 0.1) is 27.1 Å². The number of H-pyrrole nitrogens is 1. The van der Waals surface area contributed by atoms with E-state index >= 15 is 0 Å². The van der Waals surface area contributed by atoms with Gasteiger partial charge in [-0.2, -0.15) is 0 Å². The highest BCUT2D eigenvalue weighted by Gasteiger charge is 2.27. The molecule has 6 nitrogen and oxygen atoms in total. The Morgan fingerprint density at radius 3 is 2.66 bits per heavy atom. The molecule has 0 bridgehead atoms. The average molecular weight is 551 g/mol. The molecule has 1 amide bonds. The molecule has 0 saturated carbocycles. The standard InChI is InChI=1S/C30H33Cl2N5O/c1-36(30(38)21-8-3-2-4-9-21)20-23(22-12-13-24(31)25(32)18-22)14-17-37-16-7-15-33-19-28(37)29-34-26-10-5-6-11-27(26)35-29/h2-6,8-13,18,23,28,33H,7,14-17,19-20H2,1H3,(H,34,35). The summed E-state index contributed by atoms with van der Waals surface area (Å²) < 4.78 is 0. The number of rotatable bonds is 8. The summed E-state index contributed by atoms with van der Waals surface area (Å²) >= 11 is 12.7. The summed E-state index contributed by atoms with van der Waals surface area (Å²) in [5.74, 6) is 1.09. The van der Waals surface area contributed by atoms with Crippen molar-refractivity contribution < 1.29 is 4.79 Å². The first-order chi connectivity index (χ1) is 18.5. The van der Waals surface area contributed by atoms with Crippen LogP contribution in [-0.4, -0.2) is 65.4 Å². The number of hydrogen-bond acceptors (Lipinski definition) is 4. The minimum atomic E-state index is 0.00906. The number of aromatic amines is 1. The third-order valence-corrected chi connectivity index (χ3v) is 8.08. The minimum Gasteiger partial charge on any atom is -0.341 e. The Morgan fingerprint density at radius 1 is 1.08 bits per heavy atom. The quantitative estimate of drug-likeness (QED) is 0.276. The lowest BCUT2D eigenvalue weighted by atomic mass is 9.94. The molecule has 0 aliphatic carbocycles. The molecule has 3 aromatic carbocycles. The summed E-state index contributed by atoms with van der Waals surface area (Å²) in [6, 6.07) is 23.5. The van der Waals surface area contributed by atoms with E-state index in [2.05, 4.69) is 21.3 Å². The second-order valence-electron chi connectivity index (χ2n) is 9.96. The van der Waals surface area contributed by atoms with Crippen molar-refractivity contribution >= 4 is 40.1 Å². The van der Waals surface area contributed by atoms with Crippen molar-refractivity contribution in [1.82, 2.24) is 25.1 Å². The number of nitrogens with zero attached hydrogens (tertiary/aromatic N) is 3. The van der Waals surface area contributed by atoms with Crippen molar-refractivity contribution in [2.24, 2.45) is 0 Å². The Balaban J connectivity index is 1.37. The van der Waals surface area contributed by atoms with Crippen molar-refractivity contribution in [2.45, 2.75) is 24.8 Å². The monoisotopic (exact) mass is 549 g/mol. The molecule has 1 saturated heterocycles. The first kappa shape index (κ1) is 26.7. The third-order valence-electron chi connectivity index (χ3n) is 7.34. The molecule has 4 aromatic rings. The zero-order valence-corrected chi connectivity index (χ0v) is 23.1. The number of carbonyl (C=O) groups is 1. The maximum Gasteiger partial charge on any atom is 0.253 e. The molecule has 1 aromatic heterocycles. The van der Waals surface area contributed by atoms with Gasteiger partial charge in [-0.25, -0.2) is 4.98 Å². The van der Waals surface area contributed by atoms with E-state index in [1.165, 1.54) is 0 Å². The lowest BCUT2D eigenvalue weighted by Crippen LogP contribution is -2.36. The molecule has 38 heavy (non-hydrogen) atoms. The zero-order valence-electron chi connectivity index (χ0n) is 21.5. The van der Waals surface area contributed by atoms with Crippen molar-refractivity contribution in [1.29, 1.82) is 0 Å². The minimum absolute atomic E-state index is 0.00906. The Bertz CT molecular complexity index is 1340. The summed E-state index contributed by atoms with van der Waals surface area (Å²) in [7, 11) is 1.87. The van der Waals surface area contributed by atoms with Gasteiger partial charge in [0.15, 0.2) is 0 Å². The molecule has 5 rings (SSSR count). The van der Waals surface area contributed by atoms with Crippen LogP contribution in [0.2, 0.25) is 10.0 Å². The van der Waals surface area contributed by atoms with E-state index in [0.717, 1.165) is 61.4 Å². The largest absolute Gasteiger partial charge is 0.341 e. The van der Waals surface area contributed by atoms with Gasteiger partial charge in [0.2, 0.25) is 0 Å². The van der Waals surface area contributed by atoms with Crippen molar-refractivity contribution in [3.05, 3.63) is 99.8 Å². The zero-order chi connectivity index (χ0) is 26.5. The van der Waals surface area contributed by atoms with E-state index < -0.39 is 0 Å². The number of nitrogens with one attached hydrogen (secondary N) is 2. The molecule has 8 heteroatoms. The van der Waals surface area contributed by atoms with Gasteiger partial charge < -0.3 is 15.2 Å². The van der Waals surface area contributed by atoms with Gasteiger partial charge >= 0.3 is 0 Å². The van der Waals surface area contributed by atoms with Gasteiger partial charge in [0.1, 0.15) is 5.82 Å². The third kappa shape index (κ3) is 6.21. The van der Waals surface area contributed by atoms with Gasteiger partial charge in [-0.1, -0.05) is 59.6 Å². The second kappa shape index (κ2) is 12.3. The first-order valence-electron chi connectivity index (χ1n) is 13.1.